The maximum absolute atomic E-state index is 13.6. The lowest BCUT2D eigenvalue weighted by molar-refractivity contribution is -0.114. The number of carbonyl (C=O) groups excluding carboxylic acids is 1. The van der Waals surface area contributed by atoms with E-state index in [9.17, 15) is 21.6 Å². The quantitative estimate of drug-likeness (QED) is 0.274. The van der Waals surface area contributed by atoms with E-state index in [1.54, 1.807) is 48.5 Å². The second kappa shape index (κ2) is 11.8. The molecule has 0 bridgehead atoms. The minimum Gasteiger partial charge on any atom is -0.497 e. The maximum Gasteiger partial charge on any atom is 0.264 e. The molecule has 0 radical (unpaired) electrons. The first-order chi connectivity index (χ1) is 19.0. The van der Waals surface area contributed by atoms with Gasteiger partial charge < -0.3 is 10.1 Å². The van der Waals surface area contributed by atoms with Crippen molar-refractivity contribution in [3.05, 3.63) is 108 Å². The third kappa shape index (κ3) is 6.80. The Morgan fingerprint density at radius 3 is 2.05 bits per heavy atom. The molecule has 0 atom stereocenters. The number of benzene rings is 4. The van der Waals surface area contributed by atoms with Crippen molar-refractivity contribution in [3.8, 4) is 5.75 Å². The van der Waals surface area contributed by atoms with Crippen LogP contribution >= 0.6 is 0 Å². The van der Waals surface area contributed by atoms with Crippen LogP contribution in [0.4, 0.5) is 17.1 Å². The molecule has 0 spiro atoms. The van der Waals surface area contributed by atoms with Gasteiger partial charge in [0.2, 0.25) is 5.91 Å². The number of ether oxygens (including phenoxy) is 1. The number of hydrogen-bond acceptors (Lipinski definition) is 6. The number of methoxy groups -OCH3 is 1. The topological polar surface area (TPSA) is 122 Å². The van der Waals surface area contributed by atoms with E-state index in [0.717, 1.165) is 15.4 Å². The number of amides is 1. The highest BCUT2D eigenvalue weighted by Crippen LogP contribution is 2.27. The van der Waals surface area contributed by atoms with Crippen LogP contribution in [0.2, 0.25) is 0 Å². The van der Waals surface area contributed by atoms with Crippen molar-refractivity contribution in [1.82, 2.24) is 0 Å². The minimum absolute atomic E-state index is 0.00645. The van der Waals surface area contributed by atoms with Crippen LogP contribution < -0.4 is 19.1 Å². The van der Waals surface area contributed by atoms with E-state index in [2.05, 4.69) is 10.0 Å². The van der Waals surface area contributed by atoms with E-state index in [0.29, 0.717) is 17.1 Å². The van der Waals surface area contributed by atoms with Gasteiger partial charge in [-0.15, -0.1) is 0 Å². The summed E-state index contributed by atoms with van der Waals surface area (Å²) in [5.41, 5.74) is 2.79. The number of nitrogens with zero attached hydrogens (tertiary/aromatic N) is 1. The third-order valence-electron chi connectivity index (χ3n) is 5.96. The summed E-state index contributed by atoms with van der Waals surface area (Å²) in [6, 6.07) is 25.3. The molecule has 4 aromatic carbocycles. The average Bonchev–Trinajstić information content (AvgIpc) is 2.92. The monoisotopic (exact) mass is 579 g/mol. The smallest absolute Gasteiger partial charge is 0.264 e. The van der Waals surface area contributed by atoms with Gasteiger partial charge in [-0.05, 0) is 80.1 Å². The summed E-state index contributed by atoms with van der Waals surface area (Å²) in [4.78, 5) is 13.1. The molecular formula is C29H29N3O6S2. The molecule has 0 saturated carbocycles. The van der Waals surface area contributed by atoms with Crippen LogP contribution in [0.3, 0.4) is 0 Å². The predicted molar refractivity (Wildman–Crippen MR) is 156 cm³/mol. The fraction of sp³-hybridized carbons (Fsp3) is 0.138. The molecule has 0 fully saturated rings. The Hall–Kier alpha value is -4.35. The number of sulfonamides is 2. The van der Waals surface area contributed by atoms with E-state index in [1.165, 1.54) is 49.6 Å². The van der Waals surface area contributed by atoms with E-state index in [-0.39, 0.29) is 15.5 Å². The van der Waals surface area contributed by atoms with Gasteiger partial charge >= 0.3 is 0 Å². The highest BCUT2D eigenvalue weighted by molar-refractivity contribution is 7.93. The van der Waals surface area contributed by atoms with Gasteiger partial charge in [0.05, 0.1) is 22.6 Å². The molecule has 0 aliphatic carbocycles. The van der Waals surface area contributed by atoms with Crippen molar-refractivity contribution in [2.75, 3.05) is 28.0 Å². The molecule has 0 aromatic heterocycles. The van der Waals surface area contributed by atoms with Crippen LogP contribution in [0.25, 0.3) is 0 Å². The molecule has 208 valence electrons. The zero-order valence-electron chi connectivity index (χ0n) is 22.2. The SMILES string of the molecule is COc1cccc(N(CC(=O)Nc2ccc(S(=O)(=O)Nc3cccc(C)c3)cc2)S(=O)(=O)c2ccc(C)cc2)c1. The van der Waals surface area contributed by atoms with Crippen molar-refractivity contribution >= 4 is 43.0 Å². The second-order valence-corrected chi connectivity index (χ2v) is 12.6. The first kappa shape index (κ1) is 28.7. The van der Waals surface area contributed by atoms with Gasteiger partial charge in [0.25, 0.3) is 20.0 Å². The van der Waals surface area contributed by atoms with Crippen LogP contribution in [0, 0.1) is 13.8 Å². The fourth-order valence-corrected chi connectivity index (χ4v) is 6.35. The number of rotatable bonds is 10. The standard InChI is InChI=1S/C29H29N3O6S2/c1-21-10-14-28(15-11-21)40(36,37)32(25-8-5-9-26(19-25)38-3)20-29(33)30-23-12-16-27(17-13-23)39(34,35)31-24-7-4-6-22(2)18-24/h4-19,31H,20H2,1-3H3,(H,30,33). The Balaban J connectivity index is 1.54. The molecule has 0 aliphatic rings. The van der Waals surface area contributed by atoms with Crippen molar-refractivity contribution in [1.29, 1.82) is 0 Å². The Morgan fingerprint density at radius 1 is 0.750 bits per heavy atom. The highest BCUT2D eigenvalue weighted by Gasteiger charge is 2.27. The summed E-state index contributed by atoms with van der Waals surface area (Å²) in [5, 5.41) is 2.65. The van der Waals surface area contributed by atoms with E-state index in [1.807, 2.05) is 19.9 Å². The Bertz CT molecular complexity index is 1720. The van der Waals surface area contributed by atoms with Gasteiger partial charge in [-0.1, -0.05) is 35.9 Å². The molecule has 4 rings (SSSR count). The van der Waals surface area contributed by atoms with Crippen molar-refractivity contribution in [2.24, 2.45) is 0 Å². The van der Waals surface area contributed by atoms with Gasteiger partial charge in [0.15, 0.2) is 0 Å². The lowest BCUT2D eigenvalue weighted by Gasteiger charge is -2.24. The van der Waals surface area contributed by atoms with Crippen LogP contribution in [0.1, 0.15) is 11.1 Å². The molecule has 0 aliphatic heterocycles. The number of hydrogen-bond donors (Lipinski definition) is 2. The van der Waals surface area contributed by atoms with Crippen molar-refractivity contribution < 1.29 is 26.4 Å². The van der Waals surface area contributed by atoms with Crippen LogP contribution in [0.15, 0.2) is 107 Å². The lowest BCUT2D eigenvalue weighted by atomic mass is 10.2. The molecule has 1 amide bonds. The summed E-state index contributed by atoms with van der Waals surface area (Å²) < 4.78 is 61.5. The van der Waals surface area contributed by atoms with E-state index in [4.69, 9.17) is 4.74 Å². The summed E-state index contributed by atoms with van der Waals surface area (Å²) in [6.45, 7) is 3.17. The number of nitrogens with one attached hydrogen (secondary N) is 2. The van der Waals surface area contributed by atoms with Crippen LogP contribution in [-0.4, -0.2) is 36.4 Å². The largest absolute Gasteiger partial charge is 0.497 e. The molecule has 4 aromatic rings. The maximum atomic E-state index is 13.6. The predicted octanol–water partition coefficient (Wildman–Crippen LogP) is 4.95. The minimum atomic E-state index is -4.11. The molecule has 0 heterocycles. The molecule has 0 saturated heterocycles. The first-order valence-corrected chi connectivity index (χ1v) is 15.1. The van der Waals surface area contributed by atoms with Gasteiger partial charge in [-0.3, -0.25) is 13.8 Å². The van der Waals surface area contributed by atoms with E-state index < -0.39 is 32.5 Å². The Kier molecular flexibility index (Phi) is 8.46. The number of carbonyl (C=O) groups is 1. The average molecular weight is 580 g/mol. The number of aryl methyl sites for hydroxylation is 2. The van der Waals surface area contributed by atoms with Gasteiger partial charge in [0.1, 0.15) is 12.3 Å². The van der Waals surface area contributed by atoms with Crippen molar-refractivity contribution in [2.45, 2.75) is 23.6 Å². The molecule has 0 unspecified atom stereocenters. The summed E-state index contributed by atoms with van der Waals surface area (Å²) >= 11 is 0. The van der Waals surface area contributed by atoms with Crippen LogP contribution in [-0.2, 0) is 24.8 Å². The zero-order chi connectivity index (χ0) is 28.9. The number of anilines is 3. The van der Waals surface area contributed by atoms with Crippen molar-refractivity contribution in [3.63, 3.8) is 0 Å². The van der Waals surface area contributed by atoms with E-state index >= 15 is 0 Å². The normalized spacial score (nSPS) is 11.5. The molecular weight excluding hydrogens is 550 g/mol. The van der Waals surface area contributed by atoms with Gasteiger partial charge in [-0.2, -0.15) is 0 Å². The highest BCUT2D eigenvalue weighted by atomic mass is 32.2. The molecule has 9 nitrogen and oxygen atoms in total. The van der Waals surface area contributed by atoms with Gasteiger partial charge in [0, 0.05) is 17.4 Å². The summed E-state index contributed by atoms with van der Waals surface area (Å²) in [6.07, 6.45) is 0. The fourth-order valence-electron chi connectivity index (χ4n) is 3.89. The van der Waals surface area contributed by atoms with Crippen LogP contribution in [0.5, 0.6) is 5.75 Å². The molecule has 11 heteroatoms. The summed E-state index contributed by atoms with van der Waals surface area (Å²) in [7, 11) is -6.50. The summed E-state index contributed by atoms with van der Waals surface area (Å²) in [5.74, 6) is -0.190. The molecule has 2 N–H and O–H groups in total. The first-order valence-electron chi connectivity index (χ1n) is 12.2. The zero-order valence-corrected chi connectivity index (χ0v) is 23.8. The second-order valence-electron chi connectivity index (χ2n) is 9.07. The van der Waals surface area contributed by atoms with Gasteiger partial charge in [-0.25, -0.2) is 16.8 Å². The Labute approximate surface area is 234 Å². The molecule has 40 heavy (non-hydrogen) atoms. The lowest BCUT2D eigenvalue weighted by Crippen LogP contribution is -2.38. The Morgan fingerprint density at radius 2 is 1.40 bits per heavy atom. The third-order valence-corrected chi connectivity index (χ3v) is 9.14.